The molecule has 124 valence electrons. The molecule has 0 amide bonds. The van der Waals surface area contributed by atoms with Crippen LogP contribution in [0.25, 0.3) is 10.8 Å². The van der Waals surface area contributed by atoms with Crippen LogP contribution in [0.1, 0.15) is 12.5 Å². The third-order valence-electron chi connectivity index (χ3n) is 4.32. The van der Waals surface area contributed by atoms with Gasteiger partial charge in [-0.05, 0) is 23.4 Å². The van der Waals surface area contributed by atoms with Gasteiger partial charge in [0.2, 0.25) is 0 Å². The number of ether oxygens (including phenoxy) is 2. The summed E-state index contributed by atoms with van der Waals surface area (Å²) in [5, 5.41) is 5.97. The molecule has 0 aromatic heterocycles. The molecule has 0 radical (unpaired) electrons. The Morgan fingerprint density at radius 2 is 1.96 bits per heavy atom. The van der Waals surface area contributed by atoms with E-state index in [0.717, 1.165) is 58.3 Å². The van der Waals surface area contributed by atoms with E-state index in [1.807, 2.05) is 0 Å². The van der Waals surface area contributed by atoms with E-state index in [2.05, 4.69) is 53.5 Å². The topological polar surface area (TPSA) is 33.7 Å². The van der Waals surface area contributed by atoms with Crippen LogP contribution in [0, 0.1) is 0 Å². The Morgan fingerprint density at radius 1 is 1.13 bits per heavy atom. The van der Waals surface area contributed by atoms with Crippen LogP contribution in [0.3, 0.4) is 0 Å². The van der Waals surface area contributed by atoms with Gasteiger partial charge < -0.3 is 14.8 Å². The van der Waals surface area contributed by atoms with Crippen LogP contribution < -0.4 is 10.1 Å². The van der Waals surface area contributed by atoms with Crippen molar-refractivity contribution in [2.24, 2.45) is 0 Å². The highest BCUT2D eigenvalue weighted by Crippen LogP contribution is 2.28. The highest BCUT2D eigenvalue weighted by molar-refractivity contribution is 5.87. The molecule has 4 heteroatoms. The molecule has 0 atom stereocenters. The summed E-state index contributed by atoms with van der Waals surface area (Å²) >= 11 is 0. The normalized spacial score (nSPS) is 15.9. The average Bonchev–Trinajstić information content (AvgIpc) is 2.61. The molecule has 3 rings (SSSR count). The summed E-state index contributed by atoms with van der Waals surface area (Å²) in [5.41, 5.74) is 1.26. The summed E-state index contributed by atoms with van der Waals surface area (Å²) in [7, 11) is 0. The van der Waals surface area contributed by atoms with E-state index in [0.29, 0.717) is 0 Å². The number of hydrogen-bond donors (Lipinski definition) is 1. The van der Waals surface area contributed by atoms with Crippen molar-refractivity contribution in [3.8, 4) is 5.75 Å². The number of morpholine rings is 1. The molecule has 1 aliphatic heterocycles. The highest BCUT2D eigenvalue weighted by atomic mass is 16.5. The predicted molar refractivity (Wildman–Crippen MR) is 94.1 cm³/mol. The molecule has 1 saturated heterocycles. The Bertz CT molecular complexity index is 624. The van der Waals surface area contributed by atoms with Gasteiger partial charge in [-0.25, -0.2) is 0 Å². The fourth-order valence-electron chi connectivity index (χ4n) is 2.99. The van der Waals surface area contributed by atoms with Gasteiger partial charge in [0.15, 0.2) is 0 Å². The largest absolute Gasteiger partial charge is 0.492 e. The van der Waals surface area contributed by atoms with E-state index in [9.17, 15) is 0 Å². The van der Waals surface area contributed by atoms with Crippen molar-refractivity contribution < 1.29 is 9.47 Å². The van der Waals surface area contributed by atoms with Crippen molar-refractivity contribution >= 4 is 10.8 Å². The average molecular weight is 314 g/mol. The van der Waals surface area contributed by atoms with E-state index < -0.39 is 0 Å². The molecule has 0 saturated carbocycles. The standard InChI is InChI=1S/C19H26N2O2/c1-2-20-15-18-17-6-4-3-5-16(17)7-8-19(18)23-14-11-21-9-12-22-13-10-21/h3-8,20H,2,9-15H2,1H3. The Labute approximate surface area is 138 Å². The molecule has 1 heterocycles. The van der Waals surface area contributed by atoms with Crippen LogP contribution in [0.2, 0.25) is 0 Å². The van der Waals surface area contributed by atoms with Gasteiger partial charge >= 0.3 is 0 Å². The number of fused-ring (bicyclic) bond motifs is 1. The van der Waals surface area contributed by atoms with E-state index >= 15 is 0 Å². The van der Waals surface area contributed by atoms with E-state index in [4.69, 9.17) is 9.47 Å². The van der Waals surface area contributed by atoms with Crippen molar-refractivity contribution in [2.75, 3.05) is 46.0 Å². The van der Waals surface area contributed by atoms with Crippen LogP contribution in [0.4, 0.5) is 0 Å². The van der Waals surface area contributed by atoms with Gasteiger partial charge in [0.25, 0.3) is 0 Å². The molecule has 1 N–H and O–H groups in total. The lowest BCUT2D eigenvalue weighted by molar-refractivity contribution is 0.0322. The zero-order valence-corrected chi connectivity index (χ0v) is 13.9. The molecule has 0 unspecified atom stereocenters. The fourth-order valence-corrected chi connectivity index (χ4v) is 2.99. The van der Waals surface area contributed by atoms with Crippen LogP contribution in [0.5, 0.6) is 5.75 Å². The van der Waals surface area contributed by atoms with Crippen LogP contribution in [0.15, 0.2) is 36.4 Å². The summed E-state index contributed by atoms with van der Waals surface area (Å²) in [4.78, 5) is 2.40. The van der Waals surface area contributed by atoms with Crippen molar-refractivity contribution in [2.45, 2.75) is 13.5 Å². The molecule has 1 fully saturated rings. The molecular weight excluding hydrogens is 288 g/mol. The van der Waals surface area contributed by atoms with Gasteiger partial charge in [0, 0.05) is 31.7 Å². The Morgan fingerprint density at radius 3 is 2.78 bits per heavy atom. The first kappa shape index (κ1) is 16.2. The van der Waals surface area contributed by atoms with Crippen LogP contribution >= 0.6 is 0 Å². The first-order valence-electron chi connectivity index (χ1n) is 8.52. The lowest BCUT2D eigenvalue weighted by Gasteiger charge is -2.26. The van der Waals surface area contributed by atoms with Gasteiger partial charge in [-0.3, -0.25) is 4.90 Å². The number of nitrogens with one attached hydrogen (secondary N) is 1. The summed E-state index contributed by atoms with van der Waals surface area (Å²) in [5.74, 6) is 0.998. The summed E-state index contributed by atoms with van der Waals surface area (Å²) in [6.45, 7) is 9.28. The molecule has 23 heavy (non-hydrogen) atoms. The second-order valence-electron chi connectivity index (χ2n) is 5.85. The molecule has 0 aliphatic carbocycles. The Kier molecular flexibility index (Phi) is 5.86. The van der Waals surface area contributed by atoms with Crippen molar-refractivity contribution in [1.29, 1.82) is 0 Å². The minimum atomic E-state index is 0.720. The minimum absolute atomic E-state index is 0.720. The summed E-state index contributed by atoms with van der Waals surface area (Å²) in [6.07, 6.45) is 0. The molecule has 2 aromatic rings. The van der Waals surface area contributed by atoms with Gasteiger partial charge in [-0.2, -0.15) is 0 Å². The lowest BCUT2D eigenvalue weighted by Crippen LogP contribution is -2.38. The highest BCUT2D eigenvalue weighted by Gasteiger charge is 2.12. The van der Waals surface area contributed by atoms with Gasteiger partial charge in [0.1, 0.15) is 12.4 Å². The number of hydrogen-bond acceptors (Lipinski definition) is 4. The third-order valence-corrected chi connectivity index (χ3v) is 4.32. The number of benzene rings is 2. The quantitative estimate of drug-likeness (QED) is 0.852. The molecule has 4 nitrogen and oxygen atoms in total. The number of rotatable bonds is 7. The second kappa shape index (κ2) is 8.29. The van der Waals surface area contributed by atoms with Gasteiger partial charge in [-0.15, -0.1) is 0 Å². The number of nitrogens with zero attached hydrogens (tertiary/aromatic N) is 1. The van der Waals surface area contributed by atoms with E-state index in [1.165, 1.54) is 16.3 Å². The molecular formula is C19H26N2O2. The third kappa shape index (κ3) is 4.22. The van der Waals surface area contributed by atoms with Crippen molar-refractivity contribution in [3.63, 3.8) is 0 Å². The fraction of sp³-hybridized carbons (Fsp3) is 0.474. The van der Waals surface area contributed by atoms with Crippen LogP contribution in [-0.4, -0.2) is 50.9 Å². The monoisotopic (exact) mass is 314 g/mol. The lowest BCUT2D eigenvalue weighted by atomic mass is 10.0. The maximum absolute atomic E-state index is 6.12. The predicted octanol–water partition coefficient (Wildman–Crippen LogP) is 2.66. The van der Waals surface area contributed by atoms with Gasteiger partial charge in [0.05, 0.1) is 13.2 Å². The Balaban J connectivity index is 1.70. The second-order valence-corrected chi connectivity index (χ2v) is 5.85. The minimum Gasteiger partial charge on any atom is -0.492 e. The molecule has 0 bridgehead atoms. The summed E-state index contributed by atoms with van der Waals surface area (Å²) in [6, 6.07) is 12.8. The molecule has 1 aliphatic rings. The first-order chi connectivity index (χ1) is 11.4. The maximum atomic E-state index is 6.12. The summed E-state index contributed by atoms with van der Waals surface area (Å²) < 4.78 is 11.5. The first-order valence-corrected chi connectivity index (χ1v) is 8.52. The molecule has 2 aromatic carbocycles. The van der Waals surface area contributed by atoms with Crippen molar-refractivity contribution in [3.05, 3.63) is 42.0 Å². The maximum Gasteiger partial charge on any atom is 0.124 e. The SMILES string of the molecule is CCNCc1c(OCCN2CCOCC2)ccc2ccccc12. The van der Waals surface area contributed by atoms with Crippen molar-refractivity contribution in [1.82, 2.24) is 10.2 Å². The van der Waals surface area contributed by atoms with E-state index in [-0.39, 0.29) is 0 Å². The van der Waals surface area contributed by atoms with Crippen LogP contribution in [-0.2, 0) is 11.3 Å². The zero-order valence-electron chi connectivity index (χ0n) is 13.9. The smallest absolute Gasteiger partial charge is 0.124 e. The van der Waals surface area contributed by atoms with E-state index in [1.54, 1.807) is 0 Å². The van der Waals surface area contributed by atoms with Gasteiger partial charge in [-0.1, -0.05) is 37.3 Å². The zero-order chi connectivity index (χ0) is 15.9. The Hall–Kier alpha value is -1.62. The molecule has 0 spiro atoms.